The number of carbonyl (C=O) groups excluding carboxylic acids is 2. The van der Waals surface area contributed by atoms with Crippen molar-refractivity contribution in [2.45, 2.75) is 13.8 Å². The van der Waals surface area contributed by atoms with Crippen LogP contribution in [-0.4, -0.2) is 36.9 Å². The van der Waals surface area contributed by atoms with E-state index in [0.717, 1.165) is 17.0 Å². The number of esters is 1. The van der Waals surface area contributed by atoms with Gasteiger partial charge in [0.25, 0.3) is 5.91 Å². The Morgan fingerprint density at radius 2 is 1.67 bits per heavy atom. The second-order valence-corrected chi connectivity index (χ2v) is 7.10. The van der Waals surface area contributed by atoms with Crippen LogP contribution < -0.4 is 14.8 Å². The first-order valence-corrected chi connectivity index (χ1v) is 10.3. The van der Waals surface area contributed by atoms with Crippen LogP contribution in [0.2, 0.25) is 0 Å². The van der Waals surface area contributed by atoms with Crippen molar-refractivity contribution in [2.24, 2.45) is 4.99 Å². The number of ether oxygens (including phenoxy) is 3. The van der Waals surface area contributed by atoms with Gasteiger partial charge in [-0.15, -0.1) is 0 Å². The highest BCUT2D eigenvalue weighted by Crippen LogP contribution is 2.29. The van der Waals surface area contributed by atoms with Crippen LogP contribution in [0.15, 0.2) is 58.4 Å². The monoisotopic (exact) mass is 426 g/mol. The highest BCUT2D eigenvalue weighted by Gasteiger charge is 2.23. The lowest BCUT2D eigenvalue weighted by Gasteiger charge is -2.05. The van der Waals surface area contributed by atoms with Crippen molar-refractivity contribution in [1.29, 1.82) is 0 Å². The summed E-state index contributed by atoms with van der Waals surface area (Å²) in [6.07, 6.45) is 1.77. The Bertz CT molecular complexity index is 952. The normalized spacial score (nSPS) is 15.9. The Labute approximate surface area is 179 Å². The van der Waals surface area contributed by atoms with Crippen LogP contribution in [0.5, 0.6) is 11.5 Å². The van der Waals surface area contributed by atoms with E-state index < -0.39 is 5.97 Å². The van der Waals surface area contributed by atoms with E-state index in [-0.39, 0.29) is 12.5 Å². The van der Waals surface area contributed by atoms with Gasteiger partial charge in [-0.05, 0) is 73.6 Å². The van der Waals surface area contributed by atoms with Gasteiger partial charge >= 0.3 is 5.97 Å². The maximum absolute atomic E-state index is 12.2. The molecule has 0 unspecified atom stereocenters. The molecule has 0 bridgehead atoms. The van der Waals surface area contributed by atoms with Crippen LogP contribution in [-0.2, 0) is 14.3 Å². The Morgan fingerprint density at radius 3 is 2.33 bits per heavy atom. The molecule has 0 saturated carbocycles. The number of aliphatic imine (C=N–C) groups is 1. The summed E-state index contributed by atoms with van der Waals surface area (Å²) in [6, 6.07) is 14.4. The van der Waals surface area contributed by atoms with E-state index in [9.17, 15) is 9.59 Å². The first-order chi connectivity index (χ1) is 14.6. The number of hydrogen-bond donors (Lipinski definition) is 1. The summed E-state index contributed by atoms with van der Waals surface area (Å²) in [5, 5.41) is 3.29. The number of thioether (sulfide) groups is 1. The number of amides is 1. The molecule has 2 aromatic rings. The van der Waals surface area contributed by atoms with Crippen LogP contribution in [0.25, 0.3) is 6.08 Å². The van der Waals surface area contributed by atoms with Crippen molar-refractivity contribution >= 4 is 40.6 Å². The third-order valence-electron chi connectivity index (χ3n) is 3.87. The van der Waals surface area contributed by atoms with Gasteiger partial charge in [0, 0.05) is 0 Å². The van der Waals surface area contributed by atoms with Crippen molar-refractivity contribution in [2.75, 3.05) is 19.8 Å². The summed E-state index contributed by atoms with van der Waals surface area (Å²) in [5.74, 6) is 0.709. The molecule has 156 valence electrons. The van der Waals surface area contributed by atoms with Gasteiger partial charge in [-0.3, -0.25) is 4.79 Å². The quantitative estimate of drug-likeness (QED) is 0.509. The second kappa shape index (κ2) is 10.5. The molecule has 0 atom stereocenters. The molecule has 0 aliphatic carbocycles. The van der Waals surface area contributed by atoms with Gasteiger partial charge in [-0.25, -0.2) is 9.79 Å². The standard InChI is InChI=1S/C22H22N2O5S/c1-3-27-17-11-7-16(8-12-17)23-22-24-21(26)19(30-22)13-15-5-9-18(10-6-15)29-14-20(25)28-4-2/h5-13H,3-4,14H2,1-2H3,(H,23,24,26)/b19-13+. The Hall–Kier alpha value is -3.26. The molecule has 7 nitrogen and oxygen atoms in total. The van der Waals surface area contributed by atoms with Crippen molar-refractivity contribution < 1.29 is 23.8 Å². The number of nitrogens with one attached hydrogen (secondary N) is 1. The number of hydrogen-bond acceptors (Lipinski definition) is 7. The minimum atomic E-state index is -0.415. The van der Waals surface area contributed by atoms with Crippen molar-refractivity contribution in [3.05, 3.63) is 59.0 Å². The molecule has 0 aromatic heterocycles. The lowest BCUT2D eigenvalue weighted by Crippen LogP contribution is -2.19. The molecule has 1 amide bonds. The molecule has 8 heteroatoms. The minimum Gasteiger partial charge on any atom is -0.494 e. The summed E-state index contributed by atoms with van der Waals surface area (Å²) in [7, 11) is 0. The van der Waals surface area contributed by atoms with E-state index in [2.05, 4.69) is 10.3 Å². The molecule has 1 aliphatic rings. The highest BCUT2D eigenvalue weighted by atomic mass is 32.2. The van der Waals surface area contributed by atoms with Crippen molar-refractivity contribution in [3.63, 3.8) is 0 Å². The molecule has 1 heterocycles. The van der Waals surface area contributed by atoms with Crippen LogP contribution in [0.3, 0.4) is 0 Å². The number of amidine groups is 1. The average Bonchev–Trinajstić information content (AvgIpc) is 3.08. The molecule has 0 radical (unpaired) electrons. The smallest absolute Gasteiger partial charge is 0.344 e. The average molecular weight is 426 g/mol. The predicted molar refractivity (Wildman–Crippen MR) is 117 cm³/mol. The maximum atomic E-state index is 12.2. The molecule has 1 aliphatic heterocycles. The molecule has 30 heavy (non-hydrogen) atoms. The van der Waals surface area contributed by atoms with Gasteiger partial charge in [0.2, 0.25) is 0 Å². The summed E-state index contributed by atoms with van der Waals surface area (Å²) in [6.45, 7) is 4.45. The van der Waals surface area contributed by atoms with Crippen molar-refractivity contribution in [3.8, 4) is 11.5 Å². The first-order valence-electron chi connectivity index (χ1n) is 9.48. The Kier molecular flexibility index (Phi) is 7.51. The number of carbonyl (C=O) groups is 2. The van der Waals surface area contributed by atoms with Gasteiger partial charge in [0.1, 0.15) is 11.5 Å². The highest BCUT2D eigenvalue weighted by molar-refractivity contribution is 8.18. The number of nitrogens with zero attached hydrogens (tertiary/aromatic N) is 1. The van der Waals surface area contributed by atoms with Gasteiger partial charge in [0.05, 0.1) is 23.8 Å². The SMILES string of the molecule is CCOC(=O)COc1ccc(/C=C2/SC(=Nc3ccc(OCC)cc3)NC2=O)cc1. The van der Waals surface area contributed by atoms with Crippen LogP contribution in [0.1, 0.15) is 19.4 Å². The molecular formula is C22H22N2O5S. The molecule has 1 saturated heterocycles. The molecular weight excluding hydrogens is 404 g/mol. The largest absolute Gasteiger partial charge is 0.494 e. The van der Waals surface area contributed by atoms with Gasteiger partial charge < -0.3 is 19.5 Å². The van der Waals surface area contributed by atoms with Gasteiger partial charge in [-0.1, -0.05) is 12.1 Å². The molecule has 0 spiro atoms. The van der Waals surface area contributed by atoms with Gasteiger partial charge in [0.15, 0.2) is 11.8 Å². The first kappa shape index (κ1) is 21.4. The minimum absolute atomic E-state index is 0.141. The van der Waals surface area contributed by atoms with E-state index in [4.69, 9.17) is 14.2 Å². The molecule has 1 fully saturated rings. The van der Waals surface area contributed by atoms with E-state index in [1.54, 1.807) is 25.1 Å². The van der Waals surface area contributed by atoms with Crippen LogP contribution in [0.4, 0.5) is 5.69 Å². The number of rotatable bonds is 8. The molecule has 3 rings (SSSR count). The zero-order valence-electron chi connectivity index (χ0n) is 16.7. The molecule has 1 N–H and O–H groups in total. The van der Waals surface area contributed by atoms with Crippen molar-refractivity contribution in [1.82, 2.24) is 5.32 Å². The van der Waals surface area contributed by atoms with Crippen LogP contribution >= 0.6 is 11.8 Å². The number of benzene rings is 2. The molecule has 2 aromatic carbocycles. The van der Waals surface area contributed by atoms with Crippen LogP contribution in [0, 0.1) is 0 Å². The summed E-state index contributed by atoms with van der Waals surface area (Å²) in [5.41, 5.74) is 1.56. The van der Waals surface area contributed by atoms with E-state index in [0.29, 0.717) is 29.0 Å². The fourth-order valence-electron chi connectivity index (χ4n) is 2.54. The summed E-state index contributed by atoms with van der Waals surface area (Å²) < 4.78 is 15.6. The Balaban J connectivity index is 1.62. The van der Waals surface area contributed by atoms with E-state index in [1.165, 1.54) is 11.8 Å². The van der Waals surface area contributed by atoms with Gasteiger partial charge in [-0.2, -0.15) is 0 Å². The second-order valence-electron chi connectivity index (χ2n) is 6.07. The maximum Gasteiger partial charge on any atom is 0.344 e. The third-order valence-corrected chi connectivity index (χ3v) is 4.78. The fourth-order valence-corrected chi connectivity index (χ4v) is 3.38. The van der Waals surface area contributed by atoms with E-state index in [1.807, 2.05) is 43.3 Å². The lowest BCUT2D eigenvalue weighted by molar-refractivity contribution is -0.145. The fraction of sp³-hybridized carbons (Fsp3) is 0.227. The lowest BCUT2D eigenvalue weighted by atomic mass is 10.2. The Morgan fingerprint density at radius 1 is 1.00 bits per heavy atom. The zero-order chi connectivity index (χ0) is 21.3. The zero-order valence-corrected chi connectivity index (χ0v) is 17.5. The van der Waals surface area contributed by atoms with E-state index >= 15 is 0 Å². The summed E-state index contributed by atoms with van der Waals surface area (Å²) in [4.78, 5) is 28.6. The predicted octanol–water partition coefficient (Wildman–Crippen LogP) is 3.92. The topological polar surface area (TPSA) is 86.2 Å². The third kappa shape index (κ3) is 6.12. The summed E-state index contributed by atoms with van der Waals surface area (Å²) >= 11 is 1.27.